The monoisotopic (exact) mass is 221 g/mol. The molecule has 1 aromatic heterocycles. The molecule has 1 heterocycles. The number of aromatic nitrogens is 1. The van der Waals surface area contributed by atoms with Crippen LogP contribution in [0.25, 0.3) is 21.7 Å². The summed E-state index contributed by atoms with van der Waals surface area (Å²) in [6.07, 6.45) is 0. The molecular weight excluding hydrogens is 206 g/mol. The summed E-state index contributed by atoms with van der Waals surface area (Å²) in [5.41, 5.74) is 4.81. The van der Waals surface area contributed by atoms with E-state index in [0.717, 1.165) is 11.2 Å². The Morgan fingerprint density at radius 2 is 1.47 bits per heavy atom. The van der Waals surface area contributed by atoms with E-state index in [4.69, 9.17) is 4.98 Å². The molecule has 0 aliphatic heterocycles. The molecule has 0 aliphatic rings. The van der Waals surface area contributed by atoms with Gasteiger partial charge in [0.2, 0.25) is 0 Å². The molecule has 1 heteroatoms. The third-order valence-corrected chi connectivity index (χ3v) is 3.47. The van der Waals surface area contributed by atoms with Crippen molar-refractivity contribution in [3.8, 4) is 0 Å². The predicted octanol–water partition coefficient (Wildman–Crippen LogP) is 4.31. The zero-order valence-electron chi connectivity index (χ0n) is 10.4. The first-order valence-electron chi connectivity index (χ1n) is 5.93. The maximum absolute atomic E-state index is 4.74. The Morgan fingerprint density at radius 1 is 0.824 bits per heavy atom. The van der Waals surface area contributed by atoms with Crippen LogP contribution in [-0.2, 0) is 0 Å². The minimum absolute atomic E-state index is 1.12. The molecule has 0 aliphatic carbocycles. The Balaban J connectivity index is 2.59. The molecule has 0 N–H and O–H groups in total. The SMILES string of the molecule is Cc1cc2cc(C)c3ccccc3c2nc1C. The molecule has 0 saturated carbocycles. The molecule has 3 rings (SSSR count). The number of hydrogen-bond acceptors (Lipinski definition) is 1. The van der Waals surface area contributed by atoms with Crippen LogP contribution in [0.2, 0.25) is 0 Å². The number of fused-ring (bicyclic) bond motifs is 3. The molecule has 0 amide bonds. The zero-order valence-corrected chi connectivity index (χ0v) is 10.4. The molecule has 1 nitrogen and oxygen atoms in total. The highest BCUT2D eigenvalue weighted by Crippen LogP contribution is 2.28. The average molecular weight is 221 g/mol. The normalized spacial score (nSPS) is 11.2. The lowest BCUT2D eigenvalue weighted by Crippen LogP contribution is -1.91. The Morgan fingerprint density at radius 3 is 2.24 bits per heavy atom. The summed E-state index contributed by atoms with van der Waals surface area (Å²) in [7, 11) is 0. The predicted molar refractivity (Wildman–Crippen MR) is 73.5 cm³/mol. The van der Waals surface area contributed by atoms with Crippen LogP contribution in [0.3, 0.4) is 0 Å². The summed E-state index contributed by atoms with van der Waals surface area (Å²) in [6, 6.07) is 13.0. The van der Waals surface area contributed by atoms with Gasteiger partial charge < -0.3 is 0 Å². The van der Waals surface area contributed by atoms with Crippen molar-refractivity contribution in [3.05, 3.63) is 53.2 Å². The van der Waals surface area contributed by atoms with Gasteiger partial charge in [-0.2, -0.15) is 0 Å². The van der Waals surface area contributed by atoms with Gasteiger partial charge in [-0.15, -0.1) is 0 Å². The summed E-state index contributed by atoms with van der Waals surface area (Å²) >= 11 is 0. The molecule has 0 fully saturated rings. The number of benzene rings is 2. The minimum Gasteiger partial charge on any atom is -0.252 e. The summed E-state index contributed by atoms with van der Waals surface area (Å²) in [4.78, 5) is 4.74. The Kier molecular flexibility index (Phi) is 2.15. The highest BCUT2D eigenvalue weighted by Gasteiger charge is 2.06. The molecule has 0 saturated heterocycles. The zero-order chi connectivity index (χ0) is 12.0. The minimum atomic E-state index is 1.12. The highest BCUT2D eigenvalue weighted by atomic mass is 14.7. The van der Waals surface area contributed by atoms with E-state index in [9.17, 15) is 0 Å². The van der Waals surface area contributed by atoms with Crippen LogP contribution < -0.4 is 0 Å². The van der Waals surface area contributed by atoms with Crippen LogP contribution in [0.5, 0.6) is 0 Å². The lowest BCUT2D eigenvalue weighted by atomic mass is 10.00. The van der Waals surface area contributed by atoms with E-state index >= 15 is 0 Å². The van der Waals surface area contributed by atoms with Crippen molar-refractivity contribution in [3.63, 3.8) is 0 Å². The van der Waals surface area contributed by atoms with Crippen molar-refractivity contribution < 1.29 is 0 Å². The topological polar surface area (TPSA) is 12.9 Å². The first kappa shape index (κ1) is 10.3. The van der Waals surface area contributed by atoms with E-state index in [1.165, 1.54) is 27.3 Å². The number of pyridine rings is 1. The molecule has 3 aromatic rings. The smallest absolute Gasteiger partial charge is 0.0783 e. The lowest BCUT2D eigenvalue weighted by molar-refractivity contribution is 1.20. The van der Waals surface area contributed by atoms with Gasteiger partial charge in [0.25, 0.3) is 0 Å². The Hall–Kier alpha value is -1.89. The van der Waals surface area contributed by atoms with E-state index < -0.39 is 0 Å². The van der Waals surface area contributed by atoms with Crippen LogP contribution in [0.1, 0.15) is 16.8 Å². The largest absolute Gasteiger partial charge is 0.252 e. The second-order valence-electron chi connectivity index (χ2n) is 4.70. The van der Waals surface area contributed by atoms with Gasteiger partial charge >= 0.3 is 0 Å². The molecule has 84 valence electrons. The number of hydrogen-bond donors (Lipinski definition) is 0. The van der Waals surface area contributed by atoms with Gasteiger partial charge in [0, 0.05) is 16.5 Å². The maximum Gasteiger partial charge on any atom is 0.0783 e. The van der Waals surface area contributed by atoms with Crippen LogP contribution in [0.15, 0.2) is 36.4 Å². The summed E-state index contributed by atoms with van der Waals surface area (Å²) in [5, 5.41) is 3.80. The second kappa shape index (κ2) is 3.56. The van der Waals surface area contributed by atoms with Gasteiger partial charge in [0.1, 0.15) is 0 Å². The summed E-state index contributed by atoms with van der Waals surface area (Å²) in [6.45, 7) is 6.35. The quantitative estimate of drug-likeness (QED) is 0.515. The standard InChI is InChI=1S/C16H15N/c1-10-8-13-9-11(2)14-6-4-5-7-15(14)16(13)17-12(10)3/h4-9H,1-3H3. The van der Waals surface area contributed by atoms with Crippen molar-refractivity contribution >= 4 is 21.7 Å². The van der Waals surface area contributed by atoms with Gasteiger partial charge in [0.15, 0.2) is 0 Å². The van der Waals surface area contributed by atoms with Gasteiger partial charge in [0.05, 0.1) is 5.52 Å². The fourth-order valence-electron chi connectivity index (χ4n) is 2.40. The van der Waals surface area contributed by atoms with Gasteiger partial charge in [-0.1, -0.05) is 24.3 Å². The number of rotatable bonds is 0. The summed E-state index contributed by atoms with van der Waals surface area (Å²) < 4.78 is 0. The van der Waals surface area contributed by atoms with Gasteiger partial charge in [-0.3, -0.25) is 4.98 Å². The van der Waals surface area contributed by atoms with Crippen LogP contribution >= 0.6 is 0 Å². The van der Waals surface area contributed by atoms with E-state index in [0.29, 0.717) is 0 Å². The van der Waals surface area contributed by atoms with E-state index in [2.05, 4.69) is 57.2 Å². The van der Waals surface area contributed by atoms with Gasteiger partial charge in [-0.05, 0) is 49.4 Å². The maximum atomic E-state index is 4.74. The highest BCUT2D eigenvalue weighted by molar-refractivity contribution is 6.06. The van der Waals surface area contributed by atoms with Crippen molar-refractivity contribution in [2.45, 2.75) is 20.8 Å². The molecule has 0 radical (unpaired) electrons. The summed E-state index contributed by atoms with van der Waals surface area (Å²) in [5.74, 6) is 0. The Labute approximate surface area is 101 Å². The van der Waals surface area contributed by atoms with Crippen molar-refractivity contribution in [2.24, 2.45) is 0 Å². The van der Waals surface area contributed by atoms with Crippen molar-refractivity contribution in [1.82, 2.24) is 4.98 Å². The van der Waals surface area contributed by atoms with Crippen LogP contribution in [0, 0.1) is 20.8 Å². The fourth-order valence-corrected chi connectivity index (χ4v) is 2.40. The van der Waals surface area contributed by atoms with E-state index in [1.807, 2.05) is 0 Å². The third kappa shape index (κ3) is 1.50. The molecular formula is C16H15N. The first-order valence-corrected chi connectivity index (χ1v) is 5.93. The van der Waals surface area contributed by atoms with Crippen LogP contribution in [0.4, 0.5) is 0 Å². The molecule has 0 bridgehead atoms. The number of aryl methyl sites for hydroxylation is 3. The molecule has 0 spiro atoms. The first-order chi connectivity index (χ1) is 8.16. The van der Waals surface area contributed by atoms with E-state index in [1.54, 1.807) is 0 Å². The molecule has 0 atom stereocenters. The lowest BCUT2D eigenvalue weighted by Gasteiger charge is -2.09. The van der Waals surface area contributed by atoms with Crippen LogP contribution in [-0.4, -0.2) is 4.98 Å². The molecule has 17 heavy (non-hydrogen) atoms. The van der Waals surface area contributed by atoms with Gasteiger partial charge in [-0.25, -0.2) is 0 Å². The molecule has 2 aromatic carbocycles. The average Bonchev–Trinajstić information content (AvgIpc) is 2.32. The number of nitrogens with zero attached hydrogens (tertiary/aromatic N) is 1. The molecule has 0 unspecified atom stereocenters. The van der Waals surface area contributed by atoms with Crippen molar-refractivity contribution in [2.75, 3.05) is 0 Å². The third-order valence-electron chi connectivity index (χ3n) is 3.47. The van der Waals surface area contributed by atoms with E-state index in [-0.39, 0.29) is 0 Å². The Bertz CT molecular complexity index is 726. The van der Waals surface area contributed by atoms with Crippen molar-refractivity contribution in [1.29, 1.82) is 0 Å². The fraction of sp³-hybridized carbons (Fsp3) is 0.188. The second-order valence-corrected chi connectivity index (χ2v) is 4.70.